The molecule has 0 unspecified atom stereocenters. The van der Waals surface area contributed by atoms with Gasteiger partial charge in [-0.3, -0.25) is 0 Å². The van der Waals surface area contributed by atoms with Crippen LogP contribution in [0.2, 0.25) is 0 Å². The third kappa shape index (κ3) is 3.63. The highest BCUT2D eigenvalue weighted by Gasteiger charge is 2.40. The number of aromatic nitrogens is 1. The first kappa shape index (κ1) is 15.6. The number of nitrogens with one attached hydrogen (secondary N) is 1. The molecule has 3 heteroatoms. The number of oxazole rings is 1. The summed E-state index contributed by atoms with van der Waals surface area (Å²) in [4.78, 5) is 4.49. The maximum Gasteiger partial charge on any atom is 0.181 e. The summed E-state index contributed by atoms with van der Waals surface area (Å²) in [5.41, 5.74) is 1.46. The zero-order valence-corrected chi connectivity index (χ0v) is 13.8. The van der Waals surface area contributed by atoms with Gasteiger partial charge in [0.15, 0.2) is 6.39 Å². The molecular formula is C17H30N2O. The molecule has 0 aromatic carbocycles. The number of hydrogen-bond acceptors (Lipinski definition) is 3. The zero-order valence-electron chi connectivity index (χ0n) is 13.8. The summed E-state index contributed by atoms with van der Waals surface area (Å²) in [6.07, 6.45) is 7.99. The first-order chi connectivity index (χ1) is 9.32. The SMILES string of the molecule is CC(C)CC1(c2ocnc2CNC(C)(C)C)CCCC1. The molecule has 0 saturated heterocycles. The van der Waals surface area contributed by atoms with E-state index in [1.165, 1.54) is 32.1 Å². The highest BCUT2D eigenvalue weighted by atomic mass is 16.3. The molecule has 1 aliphatic rings. The van der Waals surface area contributed by atoms with E-state index in [2.05, 4.69) is 44.9 Å². The molecule has 1 aliphatic carbocycles. The highest BCUT2D eigenvalue weighted by Crippen LogP contribution is 2.46. The summed E-state index contributed by atoms with van der Waals surface area (Å²) >= 11 is 0. The van der Waals surface area contributed by atoms with E-state index < -0.39 is 0 Å². The van der Waals surface area contributed by atoms with Crippen LogP contribution in [0, 0.1) is 5.92 Å². The predicted molar refractivity (Wildman–Crippen MR) is 82.7 cm³/mol. The number of nitrogens with zero attached hydrogens (tertiary/aromatic N) is 1. The van der Waals surface area contributed by atoms with Crippen LogP contribution in [0.5, 0.6) is 0 Å². The Morgan fingerprint density at radius 2 is 1.95 bits per heavy atom. The van der Waals surface area contributed by atoms with Gasteiger partial charge in [0.05, 0.1) is 5.69 Å². The van der Waals surface area contributed by atoms with Gasteiger partial charge in [-0.2, -0.15) is 0 Å². The largest absolute Gasteiger partial charge is 0.448 e. The van der Waals surface area contributed by atoms with Crippen molar-refractivity contribution < 1.29 is 4.42 Å². The second kappa shape index (κ2) is 5.88. The topological polar surface area (TPSA) is 38.1 Å². The molecule has 0 spiro atoms. The van der Waals surface area contributed by atoms with E-state index in [9.17, 15) is 0 Å². The van der Waals surface area contributed by atoms with Crippen LogP contribution >= 0.6 is 0 Å². The summed E-state index contributed by atoms with van der Waals surface area (Å²) in [5.74, 6) is 1.85. The van der Waals surface area contributed by atoms with Crippen molar-refractivity contribution in [1.29, 1.82) is 0 Å². The zero-order chi connectivity index (χ0) is 14.8. The van der Waals surface area contributed by atoms with Crippen LogP contribution in [0.4, 0.5) is 0 Å². The molecule has 1 fully saturated rings. The van der Waals surface area contributed by atoms with Crippen LogP contribution in [-0.4, -0.2) is 10.5 Å². The smallest absolute Gasteiger partial charge is 0.181 e. The van der Waals surface area contributed by atoms with Crippen LogP contribution in [0.25, 0.3) is 0 Å². The van der Waals surface area contributed by atoms with Gasteiger partial charge in [0.25, 0.3) is 0 Å². The van der Waals surface area contributed by atoms with Crippen molar-refractivity contribution in [3.8, 4) is 0 Å². The van der Waals surface area contributed by atoms with Crippen LogP contribution in [0.15, 0.2) is 10.8 Å². The highest BCUT2D eigenvalue weighted by molar-refractivity contribution is 5.21. The summed E-state index contributed by atoms with van der Waals surface area (Å²) in [6.45, 7) is 12.0. The molecule has 3 nitrogen and oxygen atoms in total. The Hall–Kier alpha value is -0.830. The number of hydrogen-bond donors (Lipinski definition) is 1. The van der Waals surface area contributed by atoms with Gasteiger partial charge in [-0.15, -0.1) is 0 Å². The second-order valence-corrected chi connectivity index (χ2v) is 7.82. The fourth-order valence-corrected chi connectivity index (χ4v) is 3.53. The van der Waals surface area contributed by atoms with Crippen molar-refractivity contribution in [1.82, 2.24) is 10.3 Å². The maximum atomic E-state index is 5.87. The lowest BCUT2D eigenvalue weighted by Crippen LogP contribution is -2.36. The monoisotopic (exact) mass is 278 g/mol. The van der Waals surface area contributed by atoms with Crippen LogP contribution in [-0.2, 0) is 12.0 Å². The van der Waals surface area contributed by atoms with Gasteiger partial charge in [-0.05, 0) is 46.0 Å². The van der Waals surface area contributed by atoms with E-state index >= 15 is 0 Å². The summed E-state index contributed by atoms with van der Waals surface area (Å²) in [5, 5.41) is 3.54. The summed E-state index contributed by atoms with van der Waals surface area (Å²) in [6, 6.07) is 0. The minimum atomic E-state index is 0.108. The Balaban J connectivity index is 2.20. The Kier molecular flexibility index (Phi) is 4.58. The molecule has 1 heterocycles. The molecular weight excluding hydrogens is 248 g/mol. The van der Waals surface area contributed by atoms with Crippen LogP contribution < -0.4 is 5.32 Å². The van der Waals surface area contributed by atoms with E-state index in [0.29, 0.717) is 5.92 Å². The average molecular weight is 278 g/mol. The Bertz CT molecular complexity index is 422. The van der Waals surface area contributed by atoms with Gasteiger partial charge in [0.2, 0.25) is 0 Å². The van der Waals surface area contributed by atoms with E-state index in [0.717, 1.165) is 18.0 Å². The first-order valence-corrected chi connectivity index (χ1v) is 8.00. The fourth-order valence-electron chi connectivity index (χ4n) is 3.53. The predicted octanol–water partition coefficient (Wildman–Crippen LogP) is 4.42. The lowest BCUT2D eigenvalue weighted by molar-refractivity contribution is 0.280. The van der Waals surface area contributed by atoms with Gasteiger partial charge in [-0.25, -0.2) is 4.98 Å². The Morgan fingerprint density at radius 3 is 2.50 bits per heavy atom. The molecule has 0 atom stereocenters. The van der Waals surface area contributed by atoms with Gasteiger partial charge >= 0.3 is 0 Å². The molecule has 1 aromatic heterocycles. The molecule has 0 radical (unpaired) electrons. The molecule has 20 heavy (non-hydrogen) atoms. The maximum absolute atomic E-state index is 5.87. The average Bonchev–Trinajstić information content (AvgIpc) is 2.93. The van der Waals surface area contributed by atoms with E-state index in [1.54, 1.807) is 6.39 Å². The van der Waals surface area contributed by atoms with Crippen molar-refractivity contribution >= 4 is 0 Å². The third-order valence-corrected chi connectivity index (χ3v) is 4.27. The molecule has 0 bridgehead atoms. The first-order valence-electron chi connectivity index (χ1n) is 8.00. The Labute approximate surface area is 123 Å². The summed E-state index contributed by atoms with van der Waals surface area (Å²) < 4.78 is 5.87. The van der Waals surface area contributed by atoms with Crippen molar-refractivity contribution in [2.45, 2.75) is 84.2 Å². The molecule has 0 aliphatic heterocycles. The molecule has 0 amide bonds. The summed E-state index contributed by atoms with van der Waals surface area (Å²) in [7, 11) is 0. The van der Waals surface area contributed by atoms with Gasteiger partial charge < -0.3 is 9.73 Å². The van der Waals surface area contributed by atoms with E-state index in [4.69, 9.17) is 4.42 Å². The van der Waals surface area contributed by atoms with Crippen LogP contribution in [0.1, 0.15) is 78.2 Å². The lowest BCUT2D eigenvalue weighted by atomic mass is 9.75. The van der Waals surface area contributed by atoms with Crippen molar-refractivity contribution in [2.24, 2.45) is 5.92 Å². The molecule has 114 valence electrons. The normalized spacial score (nSPS) is 18.9. The second-order valence-electron chi connectivity index (χ2n) is 7.82. The minimum absolute atomic E-state index is 0.108. The molecule has 1 saturated carbocycles. The quantitative estimate of drug-likeness (QED) is 0.866. The standard InChI is InChI=1S/C17H30N2O/c1-13(2)10-17(8-6-7-9-17)15-14(18-12-20-15)11-19-16(3,4)5/h12-13,19H,6-11H2,1-5H3. The van der Waals surface area contributed by atoms with Crippen molar-refractivity contribution in [3.63, 3.8) is 0 Å². The fraction of sp³-hybridized carbons (Fsp3) is 0.824. The molecule has 1 aromatic rings. The van der Waals surface area contributed by atoms with Gasteiger partial charge in [0.1, 0.15) is 5.76 Å². The van der Waals surface area contributed by atoms with Crippen molar-refractivity contribution in [3.05, 3.63) is 17.8 Å². The Morgan fingerprint density at radius 1 is 1.30 bits per heavy atom. The minimum Gasteiger partial charge on any atom is -0.448 e. The van der Waals surface area contributed by atoms with Crippen molar-refractivity contribution in [2.75, 3.05) is 0 Å². The number of rotatable bonds is 5. The lowest BCUT2D eigenvalue weighted by Gasteiger charge is -2.30. The van der Waals surface area contributed by atoms with E-state index in [-0.39, 0.29) is 11.0 Å². The molecule has 2 rings (SSSR count). The van der Waals surface area contributed by atoms with Gasteiger partial charge in [-0.1, -0.05) is 26.7 Å². The van der Waals surface area contributed by atoms with E-state index in [1.807, 2.05) is 0 Å². The van der Waals surface area contributed by atoms with Gasteiger partial charge in [0, 0.05) is 17.5 Å². The van der Waals surface area contributed by atoms with Crippen LogP contribution in [0.3, 0.4) is 0 Å². The molecule has 1 N–H and O–H groups in total. The third-order valence-electron chi connectivity index (χ3n) is 4.27.